The molecule has 0 saturated carbocycles. The molecule has 0 aliphatic heterocycles. The van der Waals surface area contributed by atoms with Crippen LogP contribution >= 0.6 is 27.7 Å². The van der Waals surface area contributed by atoms with Crippen molar-refractivity contribution in [3.05, 3.63) is 58.1 Å². The van der Waals surface area contributed by atoms with Crippen molar-refractivity contribution in [3.63, 3.8) is 0 Å². The highest BCUT2D eigenvalue weighted by Crippen LogP contribution is 2.35. The molecule has 1 nitrogen and oxygen atoms in total. The maximum Gasteiger partial charge on any atom is 0.416 e. The maximum absolute atomic E-state index is 12.5. The first-order chi connectivity index (χ1) is 9.36. The minimum absolute atomic E-state index is 0.155. The van der Waals surface area contributed by atoms with Crippen molar-refractivity contribution in [2.75, 3.05) is 5.73 Å². The number of benzene rings is 2. The average molecular weight is 362 g/mol. The van der Waals surface area contributed by atoms with Crippen LogP contribution in [-0.2, 0) is 11.9 Å². The minimum Gasteiger partial charge on any atom is -0.398 e. The van der Waals surface area contributed by atoms with Gasteiger partial charge in [0.1, 0.15) is 0 Å². The second-order valence-electron chi connectivity index (χ2n) is 4.17. The third kappa shape index (κ3) is 3.93. The first-order valence-electron chi connectivity index (χ1n) is 5.70. The number of halogens is 4. The van der Waals surface area contributed by atoms with E-state index in [-0.39, 0.29) is 5.69 Å². The van der Waals surface area contributed by atoms with Gasteiger partial charge in [-0.25, -0.2) is 0 Å². The molecule has 2 N–H and O–H groups in total. The Balaban J connectivity index is 2.08. The lowest BCUT2D eigenvalue weighted by atomic mass is 10.2. The van der Waals surface area contributed by atoms with Crippen LogP contribution < -0.4 is 5.73 Å². The summed E-state index contributed by atoms with van der Waals surface area (Å²) >= 11 is 4.76. The molecule has 0 heterocycles. The molecule has 0 saturated heterocycles. The van der Waals surface area contributed by atoms with Crippen molar-refractivity contribution < 1.29 is 13.2 Å². The van der Waals surface area contributed by atoms with Crippen molar-refractivity contribution in [1.82, 2.24) is 0 Å². The molecule has 0 aliphatic rings. The highest BCUT2D eigenvalue weighted by Gasteiger charge is 2.30. The molecule has 20 heavy (non-hydrogen) atoms. The van der Waals surface area contributed by atoms with Gasteiger partial charge in [0.2, 0.25) is 0 Å². The molecule has 0 bridgehead atoms. The Morgan fingerprint density at radius 2 is 1.70 bits per heavy atom. The van der Waals surface area contributed by atoms with Gasteiger partial charge in [0.25, 0.3) is 0 Å². The molecule has 0 radical (unpaired) electrons. The lowest BCUT2D eigenvalue weighted by Gasteiger charge is -2.10. The zero-order valence-corrected chi connectivity index (χ0v) is 12.6. The Bertz CT molecular complexity index is 596. The van der Waals surface area contributed by atoms with Crippen LogP contribution in [0.25, 0.3) is 0 Å². The molecule has 106 valence electrons. The Hall–Kier alpha value is -1.14. The van der Waals surface area contributed by atoms with Crippen molar-refractivity contribution in [3.8, 4) is 0 Å². The highest BCUT2D eigenvalue weighted by atomic mass is 79.9. The summed E-state index contributed by atoms with van der Waals surface area (Å²) in [5.41, 5.74) is 6.19. The van der Waals surface area contributed by atoms with E-state index in [4.69, 9.17) is 5.73 Å². The summed E-state index contributed by atoms with van der Waals surface area (Å²) in [6, 6.07) is 11.2. The quantitative estimate of drug-likeness (QED) is 0.589. The number of hydrogen-bond donors (Lipinski definition) is 1. The molecule has 6 heteroatoms. The predicted molar refractivity (Wildman–Crippen MR) is 79.6 cm³/mol. The van der Waals surface area contributed by atoms with Gasteiger partial charge in [-0.2, -0.15) is 13.2 Å². The summed E-state index contributed by atoms with van der Waals surface area (Å²) in [5.74, 6) is 0.656. The zero-order chi connectivity index (χ0) is 14.8. The second-order valence-corrected chi connectivity index (χ2v) is 6.10. The molecule has 0 spiro atoms. The molecular formula is C14H11BrF3NS. The normalized spacial score (nSPS) is 11.6. The molecule has 0 aliphatic carbocycles. The molecule has 2 aromatic carbocycles. The Labute approximate surface area is 127 Å². The van der Waals surface area contributed by atoms with Crippen LogP contribution in [0.1, 0.15) is 11.1 Å². The maximum atomic E-state index is 12.5. The van der Waals surface area contributed by atoms with Gasteiger partial charge >= 0.3 is 6.18 Å². The van der Waals surface area contributed by atoms with Gasteiger partial charge in [0.15, 0.2) is 0 Å². The Morgan fingerprint density at radius 3 is 2.25 bits per heavy atom. The molecule has 0 amide bonds. The number of anilines is 1. The van der Waals surface area contributed by atoms with Crippen LogP contribution in [0, 0.1) is 0 Å². The second kappa shape index (κ2) is 6.10. The van der Waals surface area contributed by atoms with E-state index in [1.807, 2.05) is 24.3 Å². The summed E-state index contributed by atoms with van der Waals surface area (Å²) in [5, 5.41) is 0. The van der Waals surface area contributed by atoms with Crippen LogP contribution in [-0.4, -0.2) is 0 Å². The van der Waals surface area contributed by atoms with Crippen molar-refractivity contribution in [2.45, 2.75) is 16.8 Å². The number of hydrogen-bond acceptors (Lipinski definition) is 2. The van der Waals surface area contributed by atoms with Crippen LogP contribution in [0.15, 0.2) is 51.8 Å². The van der Waals surface area contributed by atoms with Crippen molar-refractivity contribution >= 4 is 33.4 Å². The Morgan fingerprint density at radius 1 is 1.05 bits per heavy atom. The van der Waals surface area contributed by atoms with Crippen LogP contribution in [0.4, 0.5) is 18.9 Å². The molecular weight excluding hydrogens is 351 g/mol. The molecule has 2 rings (SSSR count). The average Bonchev–Trinajstić information content (AvgIpc) is 2.38. The van der Waals surface area contributed by atoms with Gasteiger partial charge in [-0.05, 0) is 35.9 Å². The molecule has 0 unspecified atom stereocenters. The fraction of sp³-hybridized carbons (Fsp3) is 0.143. The van der Waals surface area contributed by atoms with E-state index in [9.17, 15) is 13.2 Å². The first kappa shape index (κ1) is 15.3. The molecule has 0 fully saturated rings. The number of nitrogen functional groups attached to an aromatic ring is 1. The van der Waals surface area contributed by atoms with E-state index in [2.05, 4.69) is 15.9 Å². The summed E-state index contributed by atoms with van der Waals surface area (Å²) in [4.78, 5) is 0.654. The standard InChI is InChI=1S/C14H11BrF3NS/c15-11-4-1-9(2-5-11)8-20-13-6-3-10(7-12(13)19)14(16,17)18/h1-7H,8,19H2. The van der Waals surface area contributed by atoms with Crippen molar-refractivity contribution in [2.24, 2.45) is 0 Å². The Kier molecular flexibility index (Phi) is 4.65. The molecule has 2 aromatic rings. The van der Waals surface area contributed by atoms with E-state index >= 15 is 0 Å². The summed E-state index contributed by atoms with van der Waals surface area (Å²) in [7, 11) is 0. The summed E-state index contributed by atoms with van der Waals surface area (Å²) < 4.78 is 38.6. The predicted octanol–water partition coefficient (Wildman–Crippen LogP) is 5.34. The van der Waals surface area contributed by atoms with Gasteiger partial charge in [0.05, 0.1) is 5.56 Å². The number of alkyl halides is 3. The van der Waals surface area contributed by atoms with Crippen LogP contribution in [0.5, 0.6) is 0 Å². The number of nitrogens with two attached hydrogens (primary N) is 1. The SMILES string of the molecule is Nc1cc(C(F)(F)F)ccc1SCc1ccc(Br)cc1. The third-order valence-corrected chi connectivity index (χ3v) is 4.33. The topological polar surface area (TPSA) is 26.0 Å². The van der Waals surface area contributed by atoms with Crippen LogP contribution in [0.2, 0.25) is 0 Å². The van der Waals surface area contributed by atoms with Gasteiger partial charge < -0.3 is 5.73 Å². The largest absolute Gasteiger partial charge is 0.416 e. The van der Waals surface area contributed by atoms with E-state index in [1.165, 1.54) is 17.8 Å². The van der Waals surface area contributed by atoms with Crippen molar-refractivity contribution in [1.29, 1.82) is 0 Å². The minimum atomic E-state index is -4.36. The lowest BCUT2D eigenvalue weighted by Crippen LogP contribution is -2.05. The monoisotopic (exact) mass is 361 g/mol. The van der Waals surface area contributed by atoms with Crippen LogP contribution in [0.3, 0.4) is 0 Å². The summed E-state index contributed by atoms with van der Waals surface area (Å²) in [6.07, 6.45) is -4.36. The fourth-order valence-corrected chi connectivity index (χ4v) is 2.77. The third-order valence-electron chi connectivity index (χ3n) is 2.64. The first-order valence-corrected chi connectivity index (χ1v) is 7.48. The highest BCUT2D eigenvalue weighted by molar-refractivity contribution is 9.10. The molecule has 0 atom stereocenters. The zero-order valence-electron chi connectivity index (χ0n) is 10.2. The van der Waals surface area contributed by atoms with Gasteiger partial charge in [-0.15, -0.1) is 11.8 Å². The van der Waals surface area contributed by atoms with E-state index < -0.39 is 11.7 Å². The van der Waals surface area contributed by atoms with E-state index in [0.717, 1.165) is 22.2 Å². The van der Waals surface area contributed by atoms with E-state index in [0.29, 0.717) is 10.6 Å². The lowest BCUT2D eigenvalue weighted by molar-refractivity contribution is -0.137. The van der Waals surface area contributed by atoms with Gasteiger partial charge in [0, 0.05) is 20.8 Å². The van der Waals surface area contributed by atoms with Gasteiger partial charge in [-0.1, -0.05) is 28.1 Å². The van der Waals surface area contributed by atoms with E-state index in [1.54, 1.807) is 0 Å². The summed E-state index contributed by atoms with van der Waals surface area (Å²) in [6.45, 7) is 0. The molecule has 0 aromatic heterocycles. The number of rotatable bonds is 3. The smallest absolute Gasteiger partial charge is 0.398 e. The fourth-order valence-electron chi connectivity index (χ4n) is 1.60. The van der Waals surface area contributed by atoms with Gasteiger partial charge in [-0.3, -0.25) is 0 Å². The number of thioether (sulfide) groups is 1.